The topological polar surface area (TPSA) is 248 Å². The van der Waals surface area contributed by atoms with Crippen LogP contribution in [0.4, 0.5) is 23.3 Å². The van der Waals surface area contributed by atoms with Crippen LogP contribution in [0.1, 0.15) is 47.2 Å². The minimum absolute atomic E-state index is 0.0200. The lowest BCUT2D eigenvalue weighted by atomic mass is 10.2. The first-order valence-corrected chi connectivity index (χ1v) is 22.9. The molecule has 0 bridgehead atoms. The fourth-order valence-electron chi connectivity index (χ4n) is 8.34. The highest BCUT2D eigenvalue weighted by atomic mass is 35.5. The molecule has 2 saturated carbocycles. The van der Waals surface area contributed by atoms with Gasteiger partial charge in [-0.3, -0.25) is 47.4 Å². The molecule has 10 rings (SSSR count). The van der Waals surface area contributed by atoms with Crippen LogP contribution in [-0.2, 0) is 50.9 Å². The van der Waals surface area contributed by atoms with E-state index in [4.69, 9.17) is 46.4 Å². The van der Waals surface area contributed by atoms with Crippen LogP contribution >= 0.6 is 46.4 Å². The summed E-state index contributed by atoms with van der Waals surface area (Å²) in [6.45, 7) is 0.0399. The van der Waals surface area contributed by atoms with E-state index in [1.54, 1.807) is 110 Å². The number of carbonyl (C=O) groups is 2. The second-order valence-electron chi connectivity index (χ2n) is 17.1. The average Bonchev–Trinajstić information content (AvgIpc) is 4.26. The SMILES string of the molecule is Cn1c(Nc2ccnc([C@@H]3C[C@H]3C(=O)O)c2)nc2c1c(=O)n(Cc1ccc(Cl)c(Cl)c1)c(=O)n2C.Cn1c(Nc2ccnc([C@H]3C[C@@H]3C(=O)O)c2)nc2c1c(=O)n(Cc1ccc(Cl)c(Cl)c1)c(=O)n2C. The number of rotatable bonds is 12. The van der Waals surface area contributed by atoms with Crippen molar-refractivity contribution in [2.24, 2.45) is 40.0 Å². The molecule has 0 radical (unpaired) electrons. The van der Waals surface area contributed by atoms with Crippen LogP contribution in [-0.4, -0.2) is 69.5 Å². The van der Waals surface area contributed by atoms with Gasteiger partial charge in [0.15, 0.2) is 22.3 Å². The highest BCUT2D eigenvalue weighted by molar-refractivity contribution is 6.42. The van der Waals surface area contributed by atoms with Crippen molar-refractivity contribution in [1.82, 2.24) is 47.3 Å². The summed E-state index contributed by atoms with van der Waals surface area (Å²) < 4.78 is 8.05. The molecule has 4 N–H and O–H groups in total. The lowest BCUT2D eigenvalue weighted by molar-refractivity contribution is -0.139. The number of halogens is 4. The van der Waals surface area contributed by atoms with Crippen molar-refractivity contribution in [3.05, 3.63) is 157 Å². The summed E-state index contributed by atoms with van der Waals surface area (Å²) in [4.78, 5) is 92.6. The number of pyridine rings is 2. The fourth-order valence-corrected chi connectivity index (χ4v) is 8.98. The van der Waals surface area contributed by atoms with Gasteiger partial charge in [0, 0.05) is 75.2 Å². The number of benzene rings is 2. The van der Waals surface area contributed by atoms with Gasteiger partial charge in [0.1, 0.15) is 0 Å². The molecule has 70 heavy (non-hydrogen) atoms. The molecular formula is C46H40Cl4N12O8. The van der Waals surface area contributed by atoms with Crippen molar-refractivity contribution in [2.45, 2.75) is 37.8 Å². The van der Waals surface area contributed by atoms with E-state index >= 15 is 0 Å². The standard InChI is InChI=1S/2C23H20Cl2N6O4/c2*1-29-18-19(28-22(29)27-12-5-6-26-17(8-12)13-9-14(13)21(33)34)30(2)23(35)31(20(18)32)10-11-3-4-15(24)16(25)7-11/h2*3-8,13-14H,9-10H2,1-2H3,(H,33,34)(H,26,27,28)/t2*13-,14-/m10/s1. The number of nitrogens with one attached hydrogen (secondary N) is 2. The van der Waals surface area contributed by atoms with Gasteiger partial charge in [0.05, 0.1) is 45.0 Å². The van der Waals surface area contributed by atoms with Crippen LogP contribution in [0.3, 0.4) is 0 Å². The summed E-state index contributed by atoms with van der Waals surface area (Å²) in [6, 6.07) is 16.9. The first-order chi connectivity index (χ1) is 33.3. The van der Waals surface area contributed by atoms with E-state index in [0.717, 1.165) is 9.13 Å². The zero-order chi connectivity index (χ0) is 50.0. The summed E-state index contributed by atoms with van der Waals surface area (Å²) in [5, 5.41) is 26.1. The molecule has 4 atom stereocenters. The molecule has 360 valence electrons. The number of nitrogens with zero attached hydrogens (tertiary/aromatic N) is 10. The first-order valence-electron chi connectivity index (χ1n) is 21.4. The van der Waals surface area contributed by atoms with Gasteiger partial charge in [0.25, 0.3) is 11.1 Å². The van der Waals surface area contributed by atoms with E-state index in [1.807, 2.05) is 0 Å². The van der Waals surface area contributed by atoms with Crippen molar-refractivity contribution >= 4 is 104 Å². The predicted octanol–water partition coefficient (Wildman–Crippen LogP) is 6.23. The van der Waals surface area contributed by atoms with Gasteiger partial charge in [-0.1, -0.05) is 58.5 Å². The summed E-state index contributed by atoms with van der Waals surface area (Å²) in [7, 11) is 6.46. The lowest BCUT2D eigenvalue weighted by Gasteiger charge is -2.10. The monoisotopic (exact) mass is 1030 g/mol. The maximum atomic E-state index is 13.3. The molecule has 6 aromatic heterocycles. The molecule has 0 amide bonds. The van der Waals surface area contributed by atoms with Gasteiger partial charge in [-0.05, 0) is 72.5 Å². The van der Waals surface area contributed by atoms with Crippen molar-refractivity contribution in [2.75, 3.05) is 10.6 Å². The minimum Gasteiger partial charge on any atom is -0.481 e. The Bertz CT molecular complexity index is 3490. The molecule has 8 aromatic rings. The molecule has 0 saturated heterocycles. The van der Waals surface area contributed by atoms with Gasteiger partial charge < -0.3 is 30.0 Å². The molecular weight excluding hydrogens is 990 g/mol. The Hall–Kier alpha value is -7.26. The number of aryl methyl sites for hydroxylation is 4. The second-order valence-corrected chi connectivity index (χ2v) is 18.7. The number of fused-ring (bicyclic) bond motifs is 2. The number of aliphatic carboxylic acids is 2. The molecule has 0 aliphatic heterocycles. The second kappa shape index (κ2) is 18.6. The molecule has 0 unspecified atom stereocenters. The van der Waals surface area contributed by atoms with Gasteiger partial charge >= 0.3 is 23.3 Å². The quantitative estimate of drug-likeness (QED) is 0.106. The third-order valence-electron chi connectivity index (χ3n) is 12.4. The number of imidazole rings is 2. The number of carboxylic acid groups (broad SMARTS) is 2. The van der Waals surface area contributed by atoms with Gasteiger partial charge in [-0.25, -0.2) is 9.59 Å². The smallest absolute Gasteiger partial charge is 0.332 e. The third kappa shape index (κ3) is 9.05. The number of anilines is 4. The van der Waals surface area contributed by atoms with E-state index in [2.05, 4.69) is 30.6 Å². The van der Waals surface area contributed by atoms with E-state index in [1.165, 1.54) is 9.13 Å². The van der Waals surface area contributed by atoms with Crippen LogP contribution in [0.5, 0.6) is 0 Å². The van der Waals surface area contributed by atoms with E-state index in [0.29, 0.717) is 78.7 Å². The molecule has 20 nitrogen and oxygen atoms in total. The zero-order valence-corrected chi connectivity index (χ0v) is 40.4. The van der Waals surface area contributed by atoms with Crippen LogP contribution in [0.25, 0.3) is 22.3 Å². The van der Waals surface area contributed by atoms with Crippen LogP contribution in [0.15, 0.2) is 92.2 Å². The molecule has 2 aliphatic carbocycles. The van der Waals surface area contributed by atoms with Crippen molar-refractivity contribution in [3.8, 4) is 0 Å². The Labute approximate surface area is 414 Å². The minimum atomic E-state index is -0.830. The highest BCUT2D eigenvalue weighted by Crippen LogP contribution is 2.48. The Morgan fingerprint density at radius 2 is 0.957 bits per heavy atom. The van der Waals surface area contributed by atoms with E-state index < -0.39 is 46.3 Å². The first kappa shape index (κ1) is 47.8. The Morgan fingerprint density at radius 1 is 0.571 bits per heavy atom. The molecule has 2 aromatic carbocycles. The van der Waals surface area contributed by atoms with Crippen molar-refractivity contribution in [1.29, 1.82) is 0 Å². The van der Waals surface area contributed by atoms with E-state index in [9.17, 15) is 39.0 Å². The van der Waals surface area contributed by atoms with E-state index in [-0.39, 0.29) is 47.3 Å². The Morgan fingerprint density at radius 3 is 1.30 bits per heavy atom. The Balaban J connectivity index is 0.000000174. The van der Waals surface area contributed by atoms with Gasteiger partial charge in [-0.15, -0.1) is 0 Å². The summed E-state index contributed by atoms with van der Waals surface area (Å²) in [5.74, 6) is -2.04. The summed E-state index contributed by atoms with van der Waals surface area (Å²) in [5.41, 5.74) is 2.90. The van der Waals surface area contributed by atoms with Gasteiger partial charge in [0.2, 0.25) is 11.9 Å². The number of aromatic nitrogens is 10. The maximum Gasteiger partial charge on any atom is 0.332 e. The normalized spacial score (nSPS) is 17.0. The number of hydrogen-bond acceptors (Lipinski definition) is 12. The molecule has 0 spiro atoms. The van der Waals surface area contributed by atoms with Crippen LogP contribution < -0.4 is 33.1 Å². The molecule has 2 fully saturated rings. The average molecular weight is 1030 g/mol. The largest absolute Gasteiger partial charge is 0.481 e. The fraction of sp³-hybridized carbons (Fsp3) is 0.261. The van der Waals surface area contributed by atoms with Crippen LogP contribution in [0, 0.1) is 11.8 Å². The Kier molecular flexibility index (Phi) is 12.7. The van der Waals surface area contributed by atoms with Crippen molar-refractivity contribution in [3.63, 3.8) is 0 Å². The third-order valence-corrected chi connectivity index (χ3v) is 13.9. The number of carboxylic acids is 2. The maximum absolute atomic E-state index is 13.3. The predicted molar refractivity (Wildman–Crippen MR) is 264 cm³/mol. The summed E-state index contributed by atoms with van der Waals surface area (Å²) >= 11 is 24.1. The van der Waals surface area contributed by atoms with Crippen molar-refractivity contribution < 1.29 is 19.8 Å². The molecule has 6 heterocycles. The molecule has 24 heteroatoms. The highest BCUT2D eigenvalue weighted by Gasteiger charge is 2.46. The number of hydrogen-bond donors (Lipinski definition) is 4. The molecule has 2 aliphatic rings. The summed E-state index contributed by atoms with van der Waals surface area (Å²) in [6.07, 6.45) is 4.30. The zero-order valence-electron chi connectivity index (χ0n) is 37.4. The lowest BCUT2D eigenvalue weighted by Crippen LogP contribution is -2.39. The van der Waals surface area contributed by atoms with Crippen LogP contribution in [0.2, 0.25) is 20.1 Å². The van der Waals surface area contributed by atoms with Gasteiger partial charge in [-0.2, -0.15) is 9.97 Å².